The number of rotatable bonds is 2. The fourth-order valence-electron chi connectivity index (χ4n) is 2.12. The average Bonchev–Trinajstić information content (AvgIpc) is 2.36. The summed E-state index contributed by atoms with van der Waals surface area (Å²) in [5, 5.41) is 0.510. The zero-order valence-electron chi connectivity index (χ0n) is 11.8. The molecule has 2 aromatic rings. The Morgan fingerprint density at radius 2 is 1.68 bits per heavy atom. The summed E-state index contributed by atoms with van der Waals surface area (Å²) in [6, 6.07) is 4.11. The smallest absolute Gasteiger partial charge is 0.136 e. The molecule has 0 N–H and O–H groups in total. The summed E-state index contributed by atoms with van der Waals surface area (Å²) in [6.45, 7) is 7.85. The lowest BCUT2D eigenvalue weighted by atomic mass is 9.99. The molecule has 0 atom stereocenters. The molecule has 0 radical (unpaired) electrons. The standard InChI is InChI=1S/C15H17ClN2O/c1-8-7-13(19-5)9(2)6-12(8)14-10(3)15(16)18-11(4)17-14/h6-7H,1-5H3. The lowest BCUT2D eigenvalue weighted by molar-refractivity contribution is 0.411. The van der Waals surface area contributed by atoms with Crippen LogP contribution < -0.4 is 4.74 Å². The molecule has 0 saturated heterocycles. The fraction of sp³-hybridized carbons (Fsp3) is 0.333. The van der Waals surface area contributed by atoms with Crippen molar-refractivity contribution in [2.24, 2.45) is 0 Å². The van der Waals surface area contributed by atoms with Gasteiger partial charge in [-0.05, 0) is 51.0 Å². The zero-order valence-corrected chi connectivity index (χ0v) is 12.6. The predicted octanol–water partition coefficient (Wildman–Crippen LogP) is 4.04. The van der Waals surface area contributed by atoms with Crippen LogP contribution in [0.2, 0.25) is 5.15 Å². The number of nitrogens with zero attached hydrogens (tertiary/aromatic N) is 2. The van der Waals surface area contributed by atoms with E-state index < -0.39 is 0 Å². The van der Waals surface area contributed by atoms with Crippen LogP contribution in [0.1, 0.15) is 22.5 Å². The Hall–Kier alpha value is -1.61. The molecule has 3 nitrogen and oxygen atoms in total. The van der Waals surface area contributed by atoms with E-state index in [0.717, 1.165) is 33.7 Å². The number of halogens is 1. The van der Waals surface area contributed by atoms with Crippen molar-refractivity contribution < 1.29 is 4.74 Å². The van der Waals surface area contributed by atoms with E-state index in [1.165, 1.54) is 0 Å². The van der Waals surface area contributed by atoms with Gasteiger partial charge in [0.2, 0.25) is 0 Å². The van der Waals surface area contributed by atoms with Gasteiger partial charge in [-0.25, -0.2) is 9.97 Å². The van der Waals surface area contributed by atoms with Crippen molar-refractivity contribution in [2.45, 2.75) is 27.7 Å². The molecule has 0 aliphatic rings. The van der Waals surface area contributed by atoms with Gasteiger partial charge in [-0.2, -0.15) is 0 Å². The predicted molar refractivity (Wildman–Crippen MR) is 78.0 cm³/mol. The van der Waals surface area contributed by atoms with E-state index in [1.807, 2.05) is 33.8 Å². The van der Waals surface area contributed by atoms with Crippen LogP contribution >= 0.6 is 11.6 Å². The summed E-state index contributed by atoms with van der Waals surface area (Å²) >= 11 is 6.14. The van der Waals surface area contributed by atoms with E-state index >= 15 is 0 Å². The number of hydrogen-bond donors (Lipinski definition) is 0. The van der Waals surface area contributed by atoms with Gasteiger partial charge in [0.15, 0.2) is 0 Å². The fourth-order valence-corrected chi connectivity index (χ4v) is 2.33. The quantitative estimate of drug-likeness (QED) is 0.777. The largest absolute Gasteiger partial charge is 0.496 e. The topological polar surface area (TPSA) is 35.0 Å². The summed E-state index contributed by atoms with van der Waals surface area (Å²) in [5.41, 5.74) is 5.05. The maximum Gasteiger partial charge on any atom is 0.136 e. The van der Waals surface area contributed by atoms with E-state index in [0.29, 0.717) is 11.0 Å². The van der Waals surface area contributed by atoms with Crippen molar-refractivity contribution in [1.29, 1.82) is 0 Å². The second-order valence-corrected chi connectivity index (χ2v) is 5.03. The van der Waals surface area contributed by atoms with Crippen molar-refractivity contribution in [1.82, 2.24) is 9.97 Å². The maximum absolute atomic E-state index is 6.14. The summed E-state index contributed by atoms with van der Waals surface area (Å²) in [6.07, 6.45) is 0. The van der Waals surface area contributed by atoms with Gasteiger partial charge in [0.25, 0.3) is 0 Å². The van der Waals surface area contributed by atoms with Crippen molar-refractivity contribution >= 4 is 11.6 Å². The van der Waals surface area contributed by atoms with Gasteiger partial charge >= 0.3 is 0 Å². The molecule has 1 aromatic heterocycles. The highest BCUT2D eigenvalue weighted by Crippen LogP contribution is 2.32. The molecule has 0 amide bonds. The van der Waals surface area contributed by atoms with Gasteiger partial charge in [-0.15, -0.1) is 0 Å². The third kappa shape index (κ3) is 2.56. The third-order valence-corrected chi connectivity index (χ3v) is 3.56. The molecule has 19 heavy (non-hydrogen) atoms. The average molecular weight is 277 g/mol. The van der Waals surface area contributed by atoms with Gasteiger partial charge in [-0.1, -0.05) is 11.6 Å². The third-order valence-electron chi connectivity index (χ3n) is 3.20. The minimum absolute atomic E-state index is 0.510. The van der Waals surface area contributed by atoms with Crippen molar-refractivity contribution in [2.75, 3.05) is 7.11 Å². The Kier molecular flexibility index (Phi) is 3.76. The van der Waals surface area contributed by atoms with Gasteiger partial charge in [0, 0.05) is 11.1 Å². The SMILES string of the molecule is COc1cc(C)c(-c2nc(C)nc(Cl)c2C)cc1C. The highest BCUT2D eigenvalue weighted by molar-refractivity contribution is 6.30. The summed E-state index contributed by atoms with van der Waals surface area (Å²) in [5.74, 6) is 1.56. The van der Waals surface area contributed by atoms with Crippen LogP contribution in [-0.2, 0) is 0 Å². The van der Waals surface area contributed by atoms with Gasteiger partial charge in [-0.3, -0.25) is 0 Å². The molecular weight excluding hydrogens is 260 g/mol. The Bertz CT molecular complexity index is 639. The molecule has 0 saturated carbocycles. The Morgan fingerprint density at radius 3 is 2.32 bits per heavy atom. The number of hydrogen-bond acceptors (Lipinski definition) is 3. The van der Waals surface area contributed by atoms with Gasteiger partial charge in [0.05, 0.1) is 12.8 Å². The highest BCUT2D eigenvalue weighted by Gasteiger charge is 2.13. The van der Waals surface area contributed by atoms with Gasteiger partial charge < -0.3 is 4.74 Å². The molecule has 0 aliphatic heterocycles. The van der Waals surface area contributed by atoms with E-state index in [2.05, 4.69) is 16.0 Å². The second kappa shape index (κ2) is 5.17. The van der Waals surface area contributed by atoms with E-state index in [4.69, 9.17) is 16.3 Å². The summed E-state index contributed by atoms with van der Waals surface area (Å²) < 4.78 is 5.34. The van der Waals surface area contributed by atoms with Crippen LogP contribution in [0.4, 0.5) is 0 Å². The molecule has 1 aromatic carbocycles. The Balaban J connectivity index is 2.69. The summed E-state index contributed by atoms with van der Waals surface area (Å²) in [7, 11) is 1.68. The summed E-state index contributed by atoms with van der Waals surface area (Å²) in [4.78, 5) is 8.70. The van der Waals surface area contributed by atoms with Crippen LogP contribution in [0, 0.1) is 27.7 Å². The molecule has 2 rings (SSSR count). The molecule has 1 heterocycles. The molecule has 4 heteroatoms. The van der Waals surface area contributed by atoms with Crippen LogP contribution in [0.15, 0.2) is 12.1 Å². The van der Waals surface area contributed by atoms with Crippen molar-refractivity contribution in [3.05, 3.63) is 39.8 Å². The maximum atomic E-state index is 6.14. The number of benzene rings is 1. The van der Waals surface area contributed by atoms with Crippen LogP contribution in [0.3, 0.4) is 0 Å². The van der Waals surface area contributed by atoms with E-state index in [-0.39, 0.29) is 0 Å². The minimum atomic E-state index is 0.510. The van der Waals surface area contributed by atoms with Crippen LogP contribution in [-0.4, -0.2) is 17.1 Å². The number of ether oxygens (including phenoxy) is 1. The molecule has 0 aliphatic carbocycles. The first-order chi connectivity index (χ1) is 8.93. The van der Waals surface area contributed by atoms with Crippen LogP contribution in [0.25, 0.3) is 11.3 Å². The normalized spacial score (nSPS) is 10.6. The highest BCUT2D eigenvalue weighted by atomic mass is 35.5. The molecule has 0 spiro atoms. The Morgan fingerprint density at radius 1 is 1.00 bits per heavy atom. The number of methoxy groups -OCH3 is 1. The van der Waals surface area contributed by atoms with Crippen molar-refractivity contribution in [3.63, 3.8) is 0 Å². The lowest BCUT2D eigenvalue weighted by Crippen LogP contribution is -1.99. The molecule has 0 fully saturated rings. The molecular formula is C15H17ClN2O. The first-order valence-electron chi connectivity index (χ1n) is 6.10. The molecule has 0 unspecified atom stereocenters. The lowest BCUT2D eigenvalue weighted by Gasteiger charge is -2.13. The molecule has 100 valence electrons. The number of aryl methyl sites for hydroxylation is 3. The number of aromatic nitrogens is 2. The van der Waals surface area contributed by atoms with E-state index in [9.17, 15) is 0 Å². The Labute approximate surface area is 118 Å². The van der Waals surface area contributed by atoms with Gasteiger partial charge in [0.1, 0.15) is 16.7 Å². The minimum Gasteiger partial charge on any atom is -0.496 e. The molecule has 0 bridgehead atoms. The van der Waals surface area contributed by atoms with Crippen LogP contribution in [0.5, 0.6) is 5.75 Å². The monoisotopic (exact) mass is 276 g/mol. The second-order valence-electron chi connectivity index (χ2n) is 4.67. The van der Waals surface area contributed by atoms with E-state index in [1.54, 1.807) is 7.11 Å². The van der Waals surface area contributed by atoms with Crippen molar-refractivity contribution in [3.8, 4) is 17.0 Å². The first-order valence-corrected chi connectivity index (χ1v) is 6.48. The first kappa shape index (κ1) is 13.8. The zero-order chi connectivity index (χ0) is 14.2.